The molecule has 0 aromatic rings. The van der Waals surface area contributed by atoms with Crippen LogP contribution in [-0.2, 0) is 4.79 Å². The van der Waals surface area contributed by atoms with Gasteiger partial charge in [-0.3, -0.25) is 0 Å². The van der Waals surface area contributed by atoms with Gasteiger partial charge in [-0.05, 0) is 6.92 Å². The summed E-state index contributed by atoms with van der Waals surface area (Å²) in [5.41, 5.74) is 8.57. The van der Waals surface area contributed by atoms with Gasteiger partial charge >= 0.3 is 5.97 Å². The Bertz CT molecular complexity index is 164. The molecule has 0 atom stereocenters. The quantitative estimate of drug-likeness (QED) is 0.305. The van der Waals surface area contributed by atoms with Crippen LogP contribution in [0.2, 0.25) is 0 Å². The lowest BCUT2D eigenvalue weighted by Crippen LogP contribution is -2.57. The molecule has 0 aliphatic rings. The normalized spacial score (nSPS) is 11.1. The minimum absolute atomic E-state index is 0.123. The highest BCUT2D eigenvalue weighted by Gasteiger charge is 2.28. The first-order valence-electron chi connectivity index (χ1n) is 2.71. The average molecular weight is 145 g/mol. The van der Waals surface area contributed by atoms with Crippen molar-refractivity contribution in [3.05, 3.63) is 0 Å². The standard InChI is InChI=1S/C5H11N3O2/c1-3(6)2-5(7,8)4(9)10/h6H,2,7-8H2,1H3,(H,9,10). The first kappa shape index (κ1) is 9.06. The van der Waals surface area contributed by atoms with E-state index in [4.69, 9.17) is 22.0 Å². The maximum Gasteiger partial charge on any atom is 0.338 e. The number of carboxylic acids is 1. The molecular weight excluding hydrogens is 134 g/mol. The first-order chi connectivity index (χ1) is 4.36. The van der Waals surface area contributed by atoms with Crippen molar-refractivity contribution in [3.8, 4) is 0 Å². The Morgan fingerprint density at radius 1 is 1.70 bits per heavy atom. The summed E-state index contributed by atoms with van der Waals surface area (Å²) in [4.78, 5) is 10.2. The van der Waals surface area contributed by atoms with E-state index < -0.39 is 11.6 Å². The van der Waals surface area contributed by atoms with Crippen molar-refractivity contribution in [2.45, 2.75) is 19.0 Å². The lowest BCUT2D eigenvalue weighted by Gasteiger charge is -2.17. The van der Waals surface area contributed by atoms with Gasteiger partial charge < -0.3 is 22.0 Å². The smallest absolute Gasteiger partial charge is 0.338 e. The fourth-order valence-corrected chi connectivity index (χ4v) is 0.514. The van der Waals surface area contributed by atoms with Crippen molar-refractivity contribution in [2.75, 3.05) is 0 Å². The maximum atomic E-state index is 10.2. The summed E-state index contributed by atoms with van der Waals surface area (Å²) in [6.07, 6.45) is -0.123. The van der Waals surface area contributed by atoms with Crippen molar-refractivity contribution in [2.24, 2.45) is 11.5 Å². The van der Waals surface area contributed by atoms with Crippen molar-refractivity contribution in [1.29, 1.82) is 5.41 Å². The molecule has 0 saturated heterocycles. The molecule has 58 valence electrons. The SMILES string of the molecule is CC(=N)CC(N)(N)C(=O)O. The minimum atomic E-state index is -1.79. The zero-order valence-corrected chi connectivity index (χ0v) is 5.72. The van der Waals surface area contributed by atoms with Crippen LogP contribution in [0.3, 0.4) is 0 Å². The second kappa shape index (κ2) is 2.76. The predicted molar refractivity (Wildman–Crippen MR) is 36.8 cm³/mol. The van der Waals surface area contributed by atoms with Crippen molar-refractivity contribution < 1.29 is 9.90 Å². The van der Waals surface area contributed by atoms with E-state index in [0.29, 0.717) is 0 Å². The summed E-state index contributed by atoms with van der Waals surface area (Å²) in [7, 11) is 0. The second-order valence-corrected chi connectivity index (χ2v) is 2.30. The highest BCUT2D eigenvalue weighted by Crippen LogP contribution is 1.98. The topological polar surface area (TPSA) is 113 Å². The molecule has 0 aromatic carbocycles. The van der Waals surface area contributed by atoms with Gasteiger partial charge in [0.05, 0.1) is 0 Å². The van der Waals surface area contributed by atoms with Gasteiger partial charge in [0.1, 0.15) is 0 Å². The Morgan fingerprint density at radius 3 is 2.20 bits per heavy atom. The van der Waals surface area contributed by atoms with Crippen LogP contribution in [0.15, 0.2) is 0 Å². The van der Waals surface area contributed by atoms with Crippen LogP contribution >= 0.6 is 0 Å². The largest absolute Gasteiger partial charge is 0.479 e. The van der Waals surface area contributed by atoms with Gasteiger partial charge in [-0.2, -0.15) is 0 Å². The van der Waals surface area contributed by atoms with Crippen LogP contribution in [0, 0.1) is 5.41 Å². The Hall–Kier alpha value is -0.940. The first-order valence-corrected chi connectivity index (χ1v) is 2.71. The number of carboxylic acid groups (broad SMARTS) is 1. The van der Waals surface area contributed by atoms with Crippen molar-refractivity contribution >= 4 is 11.7 Å². The summed E-state index contributed by atoms with van der Waals surface area (Å²) in [5.74, 6) is -1.29. The van der Waals surface area contributed by atoms with Gasteiger partial charge in [0.15, 0.2) is 5.66 Å². The molecule has 0 radical (unpaired) electrons. The fourth-order valence-electron chi connectivity index (χ4n) is 0.514. The van der Waals surface area contributed by atoms with E-state index in [9.17, 15) is 4.79 Å². The molecule has 0 saturated carbocycles. The lowest BCUT2D eigenvalue weighted by molar-refractivity contribution is -0.142. The van der Waals surface area contributed by atoms with Crippen LogP contribution in [-0.4, -0.2) is 22.5 Å². The molecule has 10 heavy (non-hydrogen) atoms. The Balaban J connectivity index is 4.13. The highest BCUT2D eigenvalue weighted by atomic mass is 16.4. The van der Waals surface area contributed by atoms with Gasteiger partial charge in [-0.1, -0.05) is 0 Å². The van der Waals surface area contributed by atoms with Gasteiger partial charge in [-0.25, -0.2) is 4.79 Å². The van der Waals surface area contributed by atoms with Crippen LogP contribution in [0.5, 0.6) is 0 Å². The monoisotopic (exact) mass is 145 g/mol. The molecule has 5 heteroatoms. The van der Waals surface area contributed by atoms with Crippen LogP contribution in [0.1, 0.15) is 13.3 Å². The highest BCUT2D eigenvalue weighted by molar-refractivity contribution is 5.88. The Morgan fingerprint density at radius 2 is 2.10 bits per heavy atom. The number of hydrogen-bond acceptors (Lipinski definition) is 4. The van der Waals surface area contributed by atoms with Gasteiger partial charge in [0.25, 0.3) is 0 Å². The summed E-state index contributed by atoms with van der Waals surface area (Å²) < 4.78 is 0. The van der Waals surface area contributed by atoms with Crippen LogP contribution < -0.4 is 11.5 Å². The number of nitrogens with one attached hydrogen (secondary N) is 1. The van der Waals surface area contributed by atoms with Gasteiger partial charge in [0, 0.05) is 12.1 Å². The predicted octanol–water partition coefficient (Wildman–Crippen LogP) is -0.886. The maximum absolute atomic E-state index is 10.2. The van der Waals surface area contributed by atoms with Crippen molar-refractivity contribution in [3.63, 3.8) is 0 Å². The van der Waals surface area contributed by atoms with E-state index >= 15 is 0 Å². The number of nitrogens with two attached hydrogens (primary N) is 2. The molecule has 0 spiro atoms. The van der Waals surface area contributed by atoms with Crippen LogP contribution in [0.25, 0.3) is 0 Å². The van der Waals surface area contributed by atoms with E-state index in [-0.39, 0.29) is 12.1 Å². The Labute approximate surface area is 58.5 Å². The average Bonchev–Trinajstić information content (AvgIpc) is 1.60. The summed E-state index contributed by atoms with van der Waals surface area (Å²) in [6.45, 7) is 1.46. The van der Waals surface area contributed by atoms with E-state index in [1.165, 1.54) is 6.92 Å². The number of carbonyl (C=O) groups is 1. The van der Waals surface area contributed by atoms with E-state index in [2.05, 4.69) is 0 Å². The molecule has 0 rings (SSSR count). The third kappa shape index (κ3) is 2.56. The van der Waals surface area contributed by atoms with Crippen LogP contribution in [0.4, 0.5) is 0 Å². The zero-order valence-electron chi connectivity index (χ0n) is 5.72. The third-order valence-corrected chi connectivity index (χ3v) is 0.956. The molecule has 0 aliphatic heterocycles. The van der Waals surface area contributed by atoms with E-state index in [1.54, 1.807) is 0 Å². The minimum Gasteiger partial charge on any atom is -0.479 e. The fraction of sp³-hybridized carbons (Fsp3) is 0.600. The van der Waals surface area contributed by atoms with E-state index in [0.717, 1.165) is 0 Å². The molecule has 0 aliphatic carbocycles. The van der Waals surface area contributed by atoms with E-state index in [1.807, 2.05) is 0 Å². The molecule has 6 N–H and O–H groups in total. The summed E-state index contributed by atoms with van der Waals surface area (Å²) >= 11 is 0. The molecule has 0 unspecified atom stereocenters. The van der Waals surface area contributed by atoms with Crippen molar-refractivity contribution in [1.82, 2.24) is 0 Å². The molecule has 0 heterocycles. The summed E-state index contributed by atoms with van der Waals surface area (Å²) in [6, 6.07) is 0. The lowest BCUT2D eigenvalue weighted by atomic mass is 10.1. The zero-order chi connectivity index (χ0) is 8.36. The number of rotatable bonds is 3. The molecule has 0 amide bonds. The second-order valence-electron chi connectivity index (χ2n) is 2.30. The van der Waals surface area contributed by atoms with Gasteiger partial charge in [-0.15, -0.1) is 0 Å². The molecule has 0 bridgehead atoms. The molecule has 0 fully saturated rings. The number of aliphatic carboxylic acids is 1. The molecule has 0 aromatic heterocycles. The number of hydrogen-bond donors (Lipinski definition) is 4. The molecular formula is C5H11N3O2. The Kier molecular flexibility index (Phi) is 2.50. The summed E-state index contributed by atoms with van der Waals surface area (Å²) in [5, 5.41) is 15.3. The van der Waals surface area contributed by atoms with Gasteiger partial charge in [0.2, 0.25) is 0 Å². The molecule has 5 nitrogen and oxygen atoms in total. The third-order valence-electron chi connectivity index (χ3n) is 0.956.